The maximum Gasteiger partial charge on any atom is 0.240 e. The summed E-state index contributed by atoms with van der Waals surface area (Å²) in [6, 6.07) is 5.63. The maximum atomic E-state index is 5.68. The van der Waals surface area contributed by atoms with Crippen LogP contribution in [0.4, 0.5) is 5.69 Å². The molecule has 18 heavy (non-hydrogen) atoms. The van der Waals surface area contributed by atoms with Crippen LogP contribution in [0.15, 0.2) is 30.7 Å². The first-order valence-corrected chi connectivity index (χ1v) is 5.40. The van der Waals surface area contributed by atoms with Gasteiger partial charge in [-0.1, -0.05) is 6.07 Å². The molecular weight excluding hydrogens is 234 g/mol. The molecular formula is C12H11N3O3. The topological polar surface area (TPSA) is 79.5 Å². The van der Waals surface area contributed by atoms with Gasteiger partial charge in [-0.15, -0.1) is 0 Å². The Hall–Kier alpha value is -2.50. The third-order valence-electron chi connectivity index (χ3n) is 2.51. The van der Waals surface area contributed by atoms with Crippen LogP contribution in [0, 0.1) is 0 Å². The Labute approximate surface area is 103 Å². The van der Waals surface area contributed by atoms with Gasteiger partial charge in [-0.25, -0.2) is 4.98 Å². The number of hydrogen-bond donors (Lipinski definition) is 1. The molecule has 92 valence electrons. The number of hydrogen-bond acceptors (Lipinski definition) is 6. The number of nitrogens with two attached hydrogens (primary N) is 1. The van der Waals surface area contributed by atoms with Crippen LogP contribution in [0.3, 0.4) is 0 Å². The summed E-state index contributed by atoms with van der Waals surface area (Å²) in [7, 11) is 0. The molecule has 1 aromatic carbocycles. The average molecular weight is 245 g/mol. The molecule has 6 heteroatoms. The Bertz CT molecular complexity index is 574. The molecule has 0 unspecified atom stereocenters. The molecule has 0 aliphatic carbocycles. The quantitative estimate of drug-likeness (QED) is 0.879. The highest BCUT2D eigenvalue weighted by molar-refractivity contribution is 5.46. The van der Waals surface area contributed by atoms with E-state index in [2.05, 4.69) is 9.97 Å². The van der Waals surface area contributed by atoms with Crippen molar-refractivity contribution < 1.29 is 14.2 Å². The van der Waals surface area contributed by atoms with Crippen molar-refractivity contribution in [2.24, 2.45) is 0 Å². The molecule has 0 amide bonds. The zero-order valence-electron chi connectivity index (χ0n) is 9.50. The third-order valence-corrected chi connectivity index (χ3v) is 2.51. The summed E-state index contributed by atoms with van der Waals surface area (Å²) in [5.41, 5.74) is 7.05. The van der Waals surface area contributed by atoms with Crippen molar-refractivity contribution in [3.05, 3.63) is 36.3 Å². The second kappa shape index (κ2) is 4.40. The van der Waals surface area contributed by atoms with Crippen molar-refractivity contribution in [1.29, 1.82) is 0 Å². The predicted octanol–water partition coefficient (Wildman–Crippen LogP) is 1.37. The van der Waals surface area contributed by atoms with Gasteiger partial charge in [0.1, 0.15) is 18.6 Å². The Balaban J connectivity index is 1.72. The monoisotopic (exact) mass is 245 g/mol. The van der Waals surface area contributed by atoms with Gasteiger partial charge < -0.3 is 19.9 Å². The SMILES string of the molecule is Nc1cncnc1OCc1ccc2c(c1)OCO2. The van der Waals surface area contributed by atoms with E-state index in [1.165, 1.54) is 12.5 Å². The largest absolute Gasteiger partial charge is 0.471 e. The summed E-state index contributed by atoms with van der Waals surface area (Å²) in [4.78, 5) is 7.75. The minimum Gasteiger partial charge on any atom is -0.471 e. The van der Waals surface area contributed by atoms with Crippen molar-refractivity contribution in [1.82, 2.24) is 9.97 Å². The summed E-state index contributed by atoms with van der Waals surface area (Å²) in [5, 5.41) is 0. The molecule has 0 saturated heterocycles. The third kappa shape index (κ3) is 2.00. The minimum atomic E-state index is 0.262. The zero-order valence-corrected chi connectivity index (χ0v) is 9.50. The number of aromatic nitrogens is 2. The van der Waals surface area contributed by atoms with Crippen molar-refractivity contribution in [2.45, 2.75) is 6.61 Å². The van der Waals surface area contributed by atoms with E-state index in [0.717, 1.165) is 17.1 Å². The van der Waals surface area contributed by atoms with E-state index >= 15 is 0 Å². The molecule has 1 aliphatic heterocycles. The van der Waals surface area contributed by atoms with E-state index in [1.54, 1.807) is 0 Å². The van der Waals surface area contributed by atoms with Crippen LogP contribution in [0.2, 0.25) is 0 Å². The summed E-state index contributed by atoms with van der Waals surface area (Å²) in [6.45, 7) is 0.621. The number of rotatable bonds is 3. The van der Waals surface area contributed by atoms with E-state index in [-0.39, 0.29) is 6.79 Å². The molecule has 6 nitrogen and oxygen atoms in total. The van der Waals surface area contributed by atoms with E-state index in [1.807, 2.05) is 18.2 Å². The van der Waals surface area contributed by atoms with Crippen LogP contribution in [0.5, 0.6) is 17.4 Å². The van der Waals surface area contributed by atoms with Gasteiger partial charge in [0.05, 0.1) is 6.20 Å². The highest BCUT2D eigenvalue weighted by atomic mass is 16.7. The number of ether oxygens (including phenoxy) is 3. The first-order valence-electron chi connectivity index (χ1n) is 5.40. The fraction of sp³-hybridized carbons (Fsp3) is 0.167. The molecule has 0 saturated carbocycles. The number of nitrogen functional groups attached to an aromatic ring is 1. The van der Waals surface area contributed by atoms with Gasteiger partial charge in [-0.05, 0) is 17.7 Å². The van der Waals surface area contributed by atoms with Crippen LogP contribution in [-0.2, 0) is 6.61 Å². The zero-order chi connectivity index (χ0) is 12.4. The predicted molar refractivity (Wildman–Crippen MR) is 63.3 cm³/mol. The summed E-state index contributed by atoms with van der Waals surface area (Å²) in [6.07, 6.45) is 2.90. The van der Waals surface area contributed by atoms with E-state index in [9.17, 15) is 0 Å². The molecule has 3 rings (SSSR count). The molecule has 0 fully saturated rings. The molecule has 0 spiro atoms. The molecule has 1 aliphatic rings. The van der Waals surface area contributed by atoms with E-state index in [4.69, 9.17) is 19.9 Å². The van der Waals surface area contributed by atoms with Crippen molar-refractivity contribution >= 4 is 5.69 Å². The highest BCUT2D eigenvalue weighted by Crippen LogP contribution is 2.32. The smallest absolute Gasteiger partial charge is 0.240 e. The number of fused-ring (bicyclic) bond motifs is 1. The Morgan fingerprint density at radius 2 is 2.17 bits per heavy atom. The lowest BCUT2D eigenvalue weighted by Gasteiger charge is -2.07. The van der Waals surface area contributed by atoms with E-state index < -0.39 is 0 Å². The first kappa shape index (κ1) is 10.6. The van der Waals surface area contributed by atoms with Crippen molar-refractivity contribution in [3.63, 3.8) is 0 Å². The van der Waals surface area contributed by atoms with E-state index in [0.29, 0.717) is 18.2 Å². The fourth-order valence-corrected chi connectivity index (χ4v) is 1.63. The van der Waals surface area contributed by atoms with Crippen LogP contribution in [0.1, 0.15) is 5.56 Å². The van der Waals surface area contributed by atoms with Crippen LogP contribution >= 0.6 is 0 Å². The van der Waals surface area contributed by atoms with Gasteiger partial charge in [0.15, 0.2) is 11.5 Å². The maximum absolute atomic E-state index is 5.68. The molecule has 0 bridgehead atoms. The summed E-state index contributed by atoms with van der Waals surface area (Å²) < 4.78 is 16.0. The van der Waals surface area contributed by atoms with Crippen LogP contribution in [0.25, 0.3) is 0 Å². The minimum absolute atomic E-state index is 0.262. The lowest BCUT2D eigenvalue weighted by molar-refractivity contribution is 0.174. The molecule has 2 heterocycles. The first-order chi connectivity index (χ1) is 8.83. The molecule has 0 radical (unpaired) electrons. The Morgan fingerprint density at radius 1 is 1.28 bits per heavy atom. The number of nitrogens with zero attached hydrogens (tertiary/aromatic N) is 2. The highest BCUT2D eigenvalue weighted by Gasteiger charge is 2.13. The van der Waals surface area contributed by atoms with Crippen molar-refractivity contribution in [2.75, 3.05) is 12.5 Å². The lowest BCUT2D eigenvalue weighted by Crippen LogP contribution is -2.01. The van der Waals surface area contributed by atoms with Crippen LogP contribution in [-0.4, -0.2) is 16.8 Å². The van der Waals surface area contributed by atoms with Gasteiger partial charge in [-0.3, -0.25) is 0 Å². The second-order valence-electron chi connectivity index (χ2n) is 3.76. The average Bonchev–Trinajstić information content (AvgIpc) is 2.85. The van der Waals surface area contributed by atoms with Gasteiger partial charge in [0, 0.05) is 0 Å². The summed E-state index contributed by atoms with van der Waals surface area (Å²) in [5.74, 6) is 1.86. The standard InChI is InChI=1S/C12H11N3O3/c13-9-4-14-6-15-12(9)16-5-8-1-2-10-11(3-8)18-7-17-10/h1-4,6H,5,7,13H2. The molecule has 2 aromatic rings. The molecule has 0 atom stereocenters. The second-order valence-corrected chi connectivity index (χ2v) is 3.76. The molecule has 1 aromatic heterocycles. The van der Waals surface area contributed by atoms with Gasteiger partial charge >= 0.3 is 0 Å². The number of anilines is 1. The van der Waals surface area contributed by atoms with Crippen molar-refractivity contribution in [3.8, 4) is 17.4 Å². The Morgan fingerprint density at radius 3 is 3.06 bits per heavy atom. The lowest BCUT2D eigenvalue weighted by atomic mass is 10.2. The van der Waals surface area contributed by atoms with Gasteiger partial charge in [0.25, 0.3) is 0 Å². The normalized spacial score (nSPS) is 12.4. The van der Waals surface area contributed by atoms with Gasteiger partial charge in [0.2, 0.25) is 12.7 Å². The van der Waals surface area contributed by atoms with Crippen LogP contribution < -0.4 is 19.9 Å². The molecule has 2 N–H and O–H groups in total. The van der Waals surface area contributed by atoms with Gasteiger partial charge in [-0.2, -0.15) is 4.98 Å². The Kier molecular flexibility index (Phi) is 2.60. The number of benzene rings is 1. The fourth-order valence-electron chi connectivity index (χ4n) is 1.63. The summed E-state index contributed by atoms with van der Waals surface area (Å²) >= 11 is 0.